The summed E-state index contributed by atoms with van der Waals surface area (Å²) in [5.74, 6) is 0.184. The number of hydrogen-bond donors (Lipinski definition) is 1. The van der Waals surface area contributed by atoms with Crippen molar-refractivity contribution in [3.8, 4) is 0 Å². The highest BCUT2D eigenvalue weighted by molar-refractivity contribution is 9.10. The molecular formula is C13H18BrNO. The molecule has 16 heavy (non-hydrogen) atoms. The Morgan fingerprint density at radius 3 is 2.62 bits per heavy atom. The van der Waals surface area contributed by atoms with E-state index in [-0.39, 0.29) is 5.78 Å². The zero-order valence-electron chi connectivity index (χ0n) is 9.63. The van der Waals surface area contributed by atoms with Gasteiger partial charge >= 0.3 is 0 Å². The molecule has 0 atom stereocenters. The summed E-state index contributed by atoms with van der Waals surface area (Å²) in [5, 5.41) is 0. The molecule has 3 heteroatoms. The summed E-state index contributed by atoms with van der Waals surface area (Å²) in [5.41, 5.74) is 7.03. The molecule has 0 aromatic heterocycles. The average Bonchev–Trinajstić information content (AvgIpc) is 2.22. The Balaban J connectivity index is 2.52. The monoisotopic (exact) mass is 283 g/mol. The van der Waals surface area contributed by atoms with E-state index in [9.17, 15) is 4.79 Å². The van der Waals surface area contributed by atoms with Crippen molar-refractivity contribution in [3.05, 3.63) is 28.2 Å². The largest absolute Gasteiger partial charge is 0.399 e. The molecule has 1 rings (SSSR count). The zero-order valence-corrected chi connectivity index (χ0v) is 11.2. The molecule has 88 valence electrons. The highest BCUT2D eigenvalue weighted by atomic mass is 79.9. The van der Waals surface area contributed by atoms with E-state index in [1.165, 1.54) is 12.8 Å². The first-order valence-corrected chi connectivity index (χ1v) is 6.52. The van der Waals surface area contributed by atoms with Crippen LogP contribution in [0.1, 0.15) is 49.4 Å². The van der Waals surface area contributed by atoms with Gasteiger partial charge in [-0.25, -0.2) is 0 Å². The molecule has 0 heterocycles. The van der Waals surface area contributed by atoms with Crippen molar-refractivity contribution in [1.82, 2.24) is 0 Å². The number of benzene rings is 1. The molecule has 0 spiro atoms. The first-order valence-electron chi connectivity index (χ1n) is 5.72. The number of carbonyl (C=O) groups is 1. The van der Waals surface area contributed by atoms with Crippen LogP contribution < -0.4 is 5.73 Å². The minimum Gasteiger partial charge on any atom is -0.399 e. The van der Waals surface area contributed by atoms with Gasteiger partial charge in [-0.05, 0) is 24.6 Å². The van der Waals surface area contributed by atoms with E-state index in [2.05, 4.69) is 22.9 Å². The molecule has 2 N–H and O–H groups in total. The van der Waals surface area contributed by atoms with Crippen LogP contribution in [0.5, 0.6) is 0 Å². The number of nitrogens with two attached hydrogens (primary N) is 1. The fourth-order valence-corrected chi connectivity index (χ4v) is 2.14. The third-order valence-electron chi connectivity index (χ3n) is 2.50. The van der Waals surface area contributed by atoms with Crippen LogP contribution in [0.25, 0.3) is 0 Å². The van der Waals surface area contributed by atoms with Gasteiger partial charge in [0.25, 0.3) is 0 Å². The Bertz CT molecular complexity index is 343. The van der Waals surface area contributed by atoms with E-state index in [1.807, 2.05) is 6.07 Å². The molecule has 0 fully saturated rings. The van der Waals surface area contributed by atoms with Gasteiger partial charge in [-0.15, -0.1) is 0 Å². The smallest absolute Gasteiger partial charge is 0.162 e. The predicted molar refractivity (Wildman–Crippen MR) is 71.6 cm³/mol. The summed E-state index contributed by atoms with van der Waals surface area (Å²) in [6, 6.07) is 5.37. The molecule has 0 unspecified atom stereocenters. The quantitative estimate of drug-likeness (QED) is 0.483. The first-order chi connectivity index (χ1) is 7.63. The number of hydrogen-bond acceptors (Lipinski definition) is 2. The third kappa shape index (κ3) is 4.35. The third-order valence-corrected chi connectivity index (χ3v) is 2.96. The molecule has 0 saturated heterocycles. The second kappa shape index (κ2) is 6.69. The Labute approximate surface area is 105 Å². The summed E-state index contributed by atoms with van der Waals surface area (Å²) < 4.78 is 0.865. The summed E-state index contributed by atoms with van der Waals surface area (Å²) >= 11 is 3.34. The molecule has 0 radical (unpaired) electrons. The number of Topliss-reactive ketones (excluding diaryl/α,β-unsaturated/α-hetero) is 1. The average molecular weight is 284 g/mol. The fraction of sp³-hybridized carbons (Fsp3) is 0.462. The van der Waals surface area contributed by atoms with Gasteiger partial charge in [-0.1, -0.05) is 42.1 Å². The van der Waals surface area contributed by atoms with Crippen LogP contribution in [0.15, 0.2) is 22.7 Å². The molecule has 0 saturated carbocycles. The van der Waals surface area contributed by atoms with Gasteiger partial charge in [-0.2, -0.15) is 0 Å². The van der Waals surface area contributed by atoms with Crippen molar-refractivity contribution in [1.29, 1.82) is 0 Å². The Morgan fingerprint density at radius 1 is 1.25 bits per heavy atom. The second-order valence-electron chi connectivity index (χ2n) is 4.01. The lowest BCUT2D eigenvalue weighted by molar-refractivity contribution is 0.0979. The number of ketones is 1. The van der Waals surface area contributed by atoms with Crippen molar-refractivity contribution in [2.24, 2.45) is 0 Å². The van der Waals surface area contributed by atoms with Crippen LogP contribution in [0.2, 0.25) is 0 Å². The van der Waals surface area contributed by atoms with Gasteiger partial charge in [0.15, 0.2) is 5.78 Å². The van der Waals surface area contributed by atoms with Gasteiger partial charge in [-0.3, -0.25) is 4.79 Å². The highest BCUT2D eigenvalue weighted by Crippen LogP contribution is 2.19. The van der Waals surface area contributed by atoms with Crippen molar-refractivity contribution >= 4 is 27.4 Å². The SMILES string of the molecule is CCCCCCC(=O)c1cc(N)cc(Br)c1. The summed E-state index contributed by atoms with van der Waals surface area (Å²) in [6.45, 7) is 2.16. The van der Waals surface area contributed by atoms with Crippen LogP contribution in [0.3, 0.4) is 0 Å². The molecule has 0 aliphatic rings. The molecule has 0 amide bonds. The topological polar surface area (TPSA) is 43.1 Å². The minimum absolute atomic E-state index is 0.184. The van der Waals surface area contributed by atoms with Gasteiger partial charge < -0.3 is 5.73 Å². The summed E-state index contributed by atoms with van der Waals surface area (Å²) in [7, 11) is 0. The Morgan fingerprint density at radius 2 is 2.00 bits per heavy atom. The number of halogens is 1. The molecule has 0 bridgehead atoms. The van der Waals surface area contributed by atoms with Gasteiger partial charge in [0, 0.05) is 22.1 Å². The maximum atomic E-state index is 11.8. The van der Waals surface area contributed by atoms with E-state index < -0.39 is 0 Å². The first kappa shape index (κ1) is 13.2. The maximum Gasteiger partial charge on any atom is 0.162 e. The molecular weight excluding hydrogens is 266 g/mol. The van der Waals surface area contributed by atoms with Crippen molar-refractivity contribution < 1.29 is 4.79 Å². The van der Waals surface area contributed by atoms with E-state index in [0.717, 1.165) is 17.3 Å². The van der Waals surface area contributed by atoms with Crippen LogP contribution >= 0.6 is 15.9 Å². The maximum absolute atomic E-state index is 11.8. The normalized spacial score (nSPS) is 10.4. The molecule has 2 nitrogen and oxygen atoms in total. The summed E-state index contributed by atoms with van der Waals surface area (Å²) in [4.78, 5) is 11.8. The minimum atomic E-state index is 0.184. The van der Waals surface area contributed by atoms with Gasteiger partial charge in [0.05, 0.1) is 0 Å². The number of nitrogen functional groups attached to an aromatic ring is 1. The van der Waals surface area contributed by atoms with Crippen LogP contribution in [-0.4, -0.2) is 5.78 Å². The lowest BCUT2D eigenvalue weighted by Crippen LogP contribution is -2.00. The molecule has 1 aromatic carbocycles. The second-order valence-corrected chi connectivity index (χ2v) is 4.92. The van der Waals surface area contributed by atoms with Crippen molar-refractivity contribution in [3.63, 3.8) is 0 Å². The van der Waals surface area contributed by atoms with Crippen LogP contribution in [-0.2, 0) is 0 Å². The van der Waals surface area contributed by atoms with E-state index in [1.54, 1.807) is 12.1 Å². The predicted octanol–water partition coefficient (Wildman–Crippen LogP) is 4.18. The molecule has 0 aliphatic heterocycles. The Kier molecular flexibility index (Phi) is 5.53. The van der Waals surface area contributed by atoms with Crippen LogP contribution in [0.4, 0.5) is 5.69 Å². The fourth-order valence-electron chi connectivity index (χ4n) is 1.63. The lowest BCUT2D eigenvalue weighted by Gasteiger charge is -2.03. The standard InChI is InChI=1S/C13H18BrNO/c1-2-3-4-5-6-13(16)10-7-11(14)9-12(15)8-10/h7-9H,2-6,15H2,1H3. The van der Waals surface area contributed by atoms with E-state index in [4.69, 9.17) is 5.73 Å². The number of rotatable bonds is 6. The van der Waals surface area contributed by atoms with Crippen molar-refractivity contribution in [2.75, 3.05) is 5.73 Å². The van der Waals surface area contributed by atoms with E-state index in [0.29, 0.717) is 17.7 Å². The lowest BCUT2D eigenvalue weighted by atomic mass is 10.0. The van der Waals surface area contributed by atoms with E-state index >= 15 is 0 Å². The molecule has 1 aromatic rings. The van der Waals surface area contributed by atoms with Crippen LogP contribution in [0, 0.1) is 0 Å². The number of unbranched alkanes of at least 4 members (excludes halogenated alkanes) is 3. The summed E-state index contributed by atoms with van der Waals surface area (Å²) in [6.07, 6.45) is 5.12. The molecule has 0 aliphatic carbocycles. The Hall–Kier alpha value is -0.830. The highest BCUT2D eigenvalue weighted by Gasteiger charge is 2.06. The number of anilines is 1. The van der Waals surface area contributed by atoms with Gasteiger partial charge in [0.1, 0.15) is 0 Å². The van der Waals surface area contributed by atoms with Gasteiger partial charge in [0.2, 0.25) is 0 Å². The van der Waals surface area contributed by atoms with Crippen molar-refractivity contribution in [2.45, 2.75) is 39.0 Å². The zero-order chi connectivity index (χ0) is 12.0. The number of carbonyl (C=O) groups excluding carboxylic acids is 1.